The average Bonchev–Trinajstić information content (AvgIpc) is 2.35. The number of hydrogen-bond acceptors (Lipinski definition) is 2. The van der Waals surface area contributed by atoms with Gasteiger partial charge in [-0.3, -0.25) is 4.79 Å². The zero-order chi connectivity index (χ0) is 12.3. The maximum Gasteiger partial charge on any atom is 0.187 e. The average molecular weight is 225 g/mol. The molecular formula is C15H15NO. The van der Waals surface area contributed by atoms with Gasteiger partial charge < -0.3 is 4.90 Å². The Morgan fingerprint density at radius 3 is 2.53 bits per heavy atom. The predicted octanol–water partition coefficient (Wildman–Crippen LogP) is 3.10. The van der Waals surface area contributed by atoms with Crippen LogP contribution in [0.4, 0.5) is 0 Å². The highest BCUT2D eigenvalue weighted by molar-refractivity contribution is 6.13. The summed E-state index contributed by atoms with van der Waals surface area (Å²) in [6, 6.07) is 13.7. The van der Waals surface area contributed by atoms with Gasteiger partial charge >= 0.3 is 0 Å². The molecule has 17 heavy (non-hydrogen) atoms. The van der Waals surface area contributed by atoms with E-state index in [4.69, 9.17) is 0 Å². The Morgan fingerprint density at radius 1 is 1.06 bits per heavy atom. The van der Waals surface area contributed by atoms with E-state index in [1.165, 1.54) is 0 Å². The maximum atomic E-state index is 12.0. The molecule has 0 bridgehead atoms. The molecule has 0 atom stereocenters. The molecule has 0 radical (unpaired) electrons. The first-order valence-corrected chi connectivity index (χ1v) is 5.55. The highest BCUT2D eigenvalue weighted by atomic mass is 16.1. The number of fused-ring (bicyclic) bond motifs is 1. The fourth-order valence-corrected chi connectivity index (χ4v) is 1.75. The molecule has 2 nitrogen and oxygen atoms in total. The zero-order valence-corrected chi connectivity index (χ0v) is 10.1. The van der Waals surface area contributed by atoms with Crippen LogP contribution in [0.1, 0.15) is 10.4 Å². The number of hydrogen-bond donors (Lipinski definition) is 0. The minimum absolute atomic E-state index is 0.0375. The van der Waals surface area contributed by atoms with Gasteiger partial charge in [-0.1, -0.05) is 42.5 Å². The van der Waals surface area contributed by atoms with Gasteiger partial charge in [-0.2, -0.15) is 0 Å². The van der Waals surface area contributed by atoms with Gasteiger partial charge in [-0.15, -0.1) is 0 Å². The normalized spacial score (nSPS) is 10.9. The number of allylic oxidation sites excluding steroid dienone is 1. The Bertz CT molecular complexity index is 565. The van der Waals surface area contributed by atoms with E-state index in [1.54, 1.807) is 12.3 Å². The number of benzene rings is 2. The molecule has 2 rings (SSSR count). The van der Waals surface area contributed by atoms with Crippen LogP contribution in [0.2, 0.25) is 0 Å². The minimum atomic E-state index is 0.0375. The summed E-state index contributed by atoms with van der Waals surface area (Å²) in [6.45, 7) is 0. The van der Waals surface area contributed by atoms with Gasteiger partial charge in [0.15, 0.2) is 5.78 Å². The highest BCUT2D eigenvalue weighted by Gasteiger charge is 2.06. The molecular weight excluding hydrogens is 210 g/mol. The van der Waals surface area contributed by atoms with Crippen LogP contribution in [0.3, 0.4) is 0 Å². The largest absolute Gasteiger partial charge is 0.383 e. The fourth-order valence-electron chi connectivity index (χ4n) is 1.75. The predicted molar refractivity (Wildman–Crippen MR) is 71.1 cm³/mol. The molecule has 0 unspecified atom stereocenters. The van der Waals surface area contributed by atoms with E-state index >= 15 is 0 Å². The lowest BCUT2D eigenvalue weighted by atomic mass is 10.0. The number of ketones is 1. The summed E-state index contributed by atoms with van der Waals surface area (Å²) < 4.78 is 0. The smallest absolute Gasteiger partial charge is 0.187 e. The molecule has 0 saturated carbocycles. The van der Waals surface area contributed by atoms with Crippen molar-refractivity contribution in [2.45, 2.75) is 0 Å². The quantitative estimate of drug-likeness (QED) is 0.591. The Balaban J connectivity index is 2.45. The topological polar surface area (TPSA) is 20.3 Å². The lowest BCUT2D eigenvalue weighted by Crippen LogP contribution is -2.03. The van der Waals surface area contributed by atoms with Crippen molar-refractivity contribution in [3.63, 3.8) is 0 Å². The first-order chi connectivity index (χ1) is 8.18. The van der Waals surface area contributed by atoms with Crippen LogP contribution in [0.25, 0.3) is 10.8 Å². The lowest BCUT2D eigenvalue weighted by Gasteiger charge is -2.05. The second-order valence-electron chi connectivity index (χ2n) is 4.17. The second-order valence-corrected chi connectivity index (χ2v) is 4.17. The molecule has 0 aromatic heterocycles. The minimum Gasteiger partial charge on any atom is -0.383 e. The molecule has 2 aromatic carbocycles. The number of nitrogens with zero attached hydrogens (tertiary/aromatic N) is 1. The molecule has 0 aliphatic carbocycles. The van der Waals surface area contributed by atoms with Crippen molar-refractivity contribution in [1.82, 2.24) is 4.90 Å². The summed E-state index contributed by atoms with van der Waals surface area (Å²) in [5.74, 6) is 0.0375. The van der Waals surface area contributed by atoms with Crippen molar-refractivity contribution in [2.75, 3.05) is 14.1 Å². The summed E-state index contributed by atoms with van der Waals surface area (Å²) in [5.41, 5.74) is 0.751. The van der Waals surface area contributed by atoms with Crippen LogP contribution in [-0.4, -0.2) is 24.8 Å². The third-order valence-electron chi connectivity index (χ3n) is 2.58. The van der Waals surface area contributed by atoms with Crippen LogP contribution >= 0.6 is 0 Å². The third-order valence-corrected chi connectivity index (χ3v) is 2.58. The van der Waals surface area contributed by atoms with Gasteiger partial charge in [0.2, 0.25) is 0 Å². The Hall–Kier alpha value is -2.09. The lowest BCUT2D eigenvalue weighted by molar-refractivity contribution is 0.104. The third kappa shape index (κ3) is 2.53. The molecule has 2 heteroatoms. The van der Waals surface area contributed by atoms with E-state index in [9.17, 15) is 4.79 Å². The summed E-state index contributed by atoms with van der Waals surface area (Å²) in [6.07, 6.45) is 3.37. The summed E-state index contributed by atoms with van der Waals surface area (Å²) in [4.78, 5) is 13.9. The first kappa shape index (κ1) is 11.4. The van der Waals surface area contributed by atoms with Crippen LogP contribution in [0, 0.1) is 0 Å². The molecule has 0 saturated heterocycles. The second kappa shape index (κ2) is 4.83. The molecule has 0 fully saturated rings. The molecule has 0 aliphatic heterocycles. The van der Waals surface area contributed by atoms with Crippen LogP contribution in [0.5, 0.6) is 0 Å². The van der Waals surface area contributed by atoms with E-state index in [1.807, 2.05) is 61.5 Å². The van der Waals surface area contributed by atoms with E-state index in [-0.39, 0.29) is 5.78 Å². The monoisotopic (exact) mass is 225 g/mol. The van der Waals surface area contributed by atoms with Crippen LogP contribution < -0.4 is 0 Å². The summed E-state index contributed by atoms with van der Waals surface area (Å²) in [7, 11) is 3.79. The number of carbonyl (C=O) groups excluding carboxylic acids is 1. The van der Waals surface area contributed by atoms with Crippen LogP contribution in [0.15, 0.2) is 54.7 Å². The van der Waals surface area contributed by atoms with Crippen LogP contribution in [-0.2, 0) is 0 Å². The van der Waals surface area contributed by atoms with Gasteiger partial charge in [0.1, 0.15) is 0 Å². The van der Waals surface area contributed by atoms with E-state index in [2.05, 4.69) is 0 Å². The number of rotatable bonds is 3. The summed E-state index contributed by atoms with van der Waals surface area (Å²) in [5, 5.41) is 2.10. The first-order valence-electron chi connectivity index (χ1n) is 5.55. The Morgan fingerprint density at radius 2 is 1.76 bits per heavy atom. The fraction of sp³-hybridized carbons (Fsp3) is 0.133. The van der Waals surface area contributed by atoms with Crippen molar-refractivity contribution in [3.05, 3.63) is 60.3 Å². The molecule has 0 aliphatic rings. The molecule has 2 aromatic rings. The van der Waals surface area contributed by atoms with Crippen molar-refractivity contribution >= 4 is 16.6 Å². The van der Waals surface area contributed by atoms with Gasteiger partial charge in [0.05, 0.1) is 0 Å². The van der Waals surface area contributed by atoms with E-state index in [0.717, 1.165) is 16.3 Å². The Kier molecular flexibility index (Phi) is 3.24. The molecule has 0 amide bonds. The molecule has 0 N–H and O–H groups in total. The van der Waals surface area contributed by atoms with Gasteiger partial charge in [-0.05, 0) is 10.8 Å². The Labute approximate surface area is 101 Å². The summed E-state index contributed by atoms with van der Waals surface area (Å²) >= 11 is 0. The molecule has 86 valence electrons. The van der Waals surface area contributed by atoms with Crippen molar-refractivity contribution in [1.29, 1.82) is 0 Å². The standard InChI is InChI=1S/C15H15NO/c1-16(2)11-10-15(17)14-9-5-7-12-6-3-4-8-13(12)14/h3-11H,1-2H3. The number of carbonyl (C=O) groups is 1. The van der Waals surface area contributed by atoms with Gasteiger partial charge in [0.25, 0.3) is 0 Å². The highest BCUT2D eigenvalue weighted by Crippen LogP contribution is 2.19. The molecule has 0 heterocycles. The van der Waals surface area contributed by atoms with E-state index in [0.29, 0.717) is 0 Å². The zero-order valence-electron chi connectivity index (χ0n) is 10.1. The van der Waals surface area contributed by atoms with Crippen molar-refractivity contribution in [3.8, 4) is 0 Å². The van der Waals surface area contributed by atoms with Crippen molar-refractivity contribution in [2.24, 2.45) is 0 Å². The van der Waals surface area contributed by atoms with Crippen molar-refractivity contribution < 1.29 is 4.79 Å². The molecule has 0 spiro atoms. The SMILES string of the molecule is CN(C)C=CC(=O)c1cccc2ccccc12. The van der Waals surface area contributed by atoms with E-state index < -0.39 is 0 Å². The van der Waals surface area contributed by atoms with Gasteiger partial charge in [0, 0.05) is 31.9 Å². The maximum absolute atomic E-state index is 12.0. The van der Waals surface area contributed by atoms with Gasteiger partial charge in [-0.25, -0.2) is 0 Å².